The zero-order chi connectivity index (χ0) is 23.0. The van der Waals surface area contributed by atoms with E-state index >= 15 is 0 Å². The molecule has 9 heteroatoms. The van der Waals surface area contributed by atoms with Crippen LogP contribution in [0.2, 0.25) is 0 Å². The molecule has 2 aliphatic heterocycles. The second kappa shape index (κ2) is 8.44. The van der Waals surface area contributed by atoms with Gasteiger partial charge < -0.3 is 15.1 Å². The smallest absolute Gasteiger partial charge is 0.355 e. The first-order valence-corrected chi connectivity index (χ1v) is 10.6. The molecule has 0 bridgehead atoms. The van der Waals surface area contributed by atoms with Gasteiger partial charge in [0, 0.05) is 44.5 Å². The summed E-state index contributed by atoms with van der Waals surface area (Å²) < 4.78 is 40.3. The Morgan fingerprint density at radius 1 is 1.12 bits per heavy atom. The van der Waals surface area contributed by atoms with Crippen molar-refractivity contribution in [2.24, 2.45) is 5.92 Å². The lowest BCUT2D eigenvalue weighted by molar-refractivity contribution is -0.137. The molecule has 2 aromatic rings. The van der Waals surface area contributed by atoms with E-state index in [0.717, 1.165) is 11.6 Å². The number of piperazine rings is 1. The number of nitrogens with zero attached hydrogens (tertiary/aromatic N) is 3. The Kier molecular flexibility index (Phi) is 5.83. The number of carbonyl (C=O) groups is 2. The summed E-state index contributed by atoms with van der Waals surface area (Å²) in [4.78, 5) is 32.2. The van der Waals surface area contributed by atoms with Crippen LogP contribution >= 0.6 is 0 Å². The van der Waals surface area contributed by atoms with Gasteiger partial charge in [0.05, 0.1) is 11.5 Å². The zero-order valence-corrected chi connectivity index (χ0v) is 17.9. The first kappa shape index (κ1) is 22.1. The van der Waals surface area contributed by atoms with Crippen LogP contribution in [0.3, 0.4) is 0 Å². The number of benzene rings is 1. The van der Waals surface area contributed by atoms with Crippen molar-refractivity contribution in [2.75, 3.05) is 37.6 Å². The molecule has 0 spiro atoms. The van der Waals surface area contributed by atoms with E-state index in [9.17, 15) is 22.8 Å². The molecule has 2 fully saturated rings. The summed E-state index contributed by atoms with van der Waals surface area (Å²) in [6.07, 6.45) is -3.06. The summed E-state index contributed by atoms with van der Waals surface area (Å²) in [6.45, 7) is 5.36. The Hall–Kier alpha value is -3.10. The van der Waals surface area contributed by atoms with Gasteiger partial charge in [-0.15, -0.1) is 0 Å². The van der Waals surface area contributed by atoms with Crippen LogP contribution in [0.15, 0.2) is 36.5 Å². The lowest BCUT2D eigenvalue weighted by Crippen LogP contribution is -2.49. The zero-order valence-electron chi connectivity index (χ0n) is 17.9. The van der Waals surface area contributed by atoms with Gasteiger partial charge in [-0.1, -0.05) is 19.1 Å². The van der Waals surface area contributed by atoms with Gasteiger partial charge in [0.25, 0.3) is 5.91 Å². The highest BCUT2D eigenvalue weighted by Crippen LogP contribution is 2.36. The Balaban J connectivity index is 1.43. The lowest BCUT2D eigenvalue weighted by atomic mass is 9.89. The van der Waals surface area contributed by atoms with Gasteiger partial charge >= 0.3 is 6.18 Å². The van der Waals surface area contributed by atoms with Crippen LogP contribution in [0.4, 0.5) is 19.0 Å². The molecule has 2 aliphatic rings. The van der Waals surface area contributed by atoms with Crippen molar-refractivity contribution in [3.05, 3.63) is 58.8 Å². The van der Waals surface area contributed by atoms with Crippen molar-refractivity contribution >= 4 is 17.6 Å². The third kappa shape index (κ3) is 4.28. The van der Waals surface area contributed by atoms with E-state index in [1.807, 2.05) is 6.92 Å². The monoisotopic (exact) mass is 446 g/mol. The second-order valence-corrected chi connectivity index (χ2v) is 8.48. The normalized spacial score (nSPS) is 21.6. The summed E-state index contributed by atoms with van der Waals surface area (Å²) in [7, 11) is 0. The largest absolute Gasteiger partial charge is 0.419 e. The number of amides is 2. The highest BCUT2D eigenvalue weighted by molar-refractivity contribution is 5.94. The van der Waals surface area contributed by atoms with Crippen LogP contribution in [0.1, 0.15) is 39.9 Å². The Bertz CT molecular complexity index is 1010. The highest BCUT2D eigenvalue weighted by atomic mass is 19.4. The standard InChI is InChI=1S/C23H25F3N4O2/c1-14-11-18(23(24,25)26)20(27-12-14)29-7-9-30(10-8-29)22(32)17-5-3-16(4-6-17)19-15(2)13-28-21(19)31/h3-6,11-12,15,19H,7-10,13H2,1-2H3,(H,28,31)/t15?,19-/m1/s1. The van der Waals surface area contributed by atoms with Gasteiger partial charge in [0.2, 0.25) is 5.91 Å². The molecule has 1 aromatic carbocycles. The lowest BCUT2D eigenvalue weighted by Gasteiger charge is -2.36. The average molecular weight is 446 g/mol. The SMILES string of the molecule is Cc1cnc(N2CCN(C(=O)c3ccc([C@@H]4C(=O)NCC4C)cc3)CC2)c(C(F)(F)F)c1. The number of rotatable bonds is 3. The molecule has 32 heavy (non-hydrogen) atoms. The number of halogens is 3. The van der Waals surface area contributed by atoms with Crippen molar-refractivity contribution in [1.82, 2.24) is 15.2 Å². The molecular weight excluding hydrogens is 421 g/mol. The molecule has 2 atom stereocenters. The van der Waals surface area contributed by atoms with Gasteiger partial charge in [-0.05, 0) is 42.2 Å². The first-order chi connectivity index (χ1) is 15.1. The van der Waals surface area contributed by atoms with Crippen LogP contribution in [0.25, 0.3) is 0 Å². The van der Waals surface area contributed by atoms with Gasteiger partial charge in [-0.3, -0.25) is 9.59 Å². The van der Waals surface area contributed by atoms with Crippen molar-refractivity contribution in [3.8, 4) is 0 Å². The number of aryl methyl sites for hydroxylation is 1. The number of hydrogen-bond donors (Lipinski definition) is 1. The maximum Gasteiger partial charge on any atom is 0.419 e. The minimum atomic E-state index is -4.49. The quantitative estimate of drug-likeness (QED) is 0.787. The summed E-state index contributed by atoms with van der Waals surface area (Å²) in [6, 6.07) is 8.15. The second-order valence-electron chi connectivity index (χ2n) is 8.48. The fourth-order valence-electron chi connectivity index (χ4n) is 4.39. The fourth-order valence-corrected chi connectivity index (χ4v) is 4.39. The van der Waals surface area contributed by atoms with Crippen molar-refractivity contribution < 1.29 is 22.8 Å². The first-order valence-electron chi connectivity index (χ1n) is 10.6. The van der Waals surface area contributed by atoms with Crippen molar-refractivity contribution in [2.45, 2.75) is 25.9 Å². The Morgan fingerprint density at radius 2 is 1.78 bits per heavy atom. The van der Waals surface area contributed by atoms with Crippen LogP contribution in [-0.4, -0.2) is 54.4 Å². The molecule has 4 rings (SSSR count). The molecule has 170 valence electrons. The van der Waals surface area contributed by atoms with E-state index in [-0.39, 0.29) is 42.6 Å². The fraction of sp³-hybridized carbons (Fsp3) is 0.435. The van der Waals surface area contributed by atoms with E-state index in [1.165, 1.54) is 6.20 Å². The van der Waals surface area contributed by atoms with Crippen LogP contribution < -0.4 is 10.2 Å². The molecule has 2 amide bonds. The van der Waals surface area contributed by atoms with E-state index in [4.69, 9.17) is 0 Å². The summed E-state index contributed by atoms with van der Waals surface area (Å²) in [5, 5.41) is 2.85. The van der Waals surface area contributed by atoms with Crippen LogP contribution in [0.5, 0.6) is 0 Å². The molecule has 3 heterocycles. The third-order valence-electron chi connectivity index (χ3n) is 6.14. The Morgan fingerprint density at radius 3 is 2.34 bits per heavy atom. The number of pyridine rings is 1. The van der Waals surface area contributed by atoms with E-state index in [2.05, 4.69) is 10.3 Å². The molecule has 0 radical (unpaired) electrons. The number of carbonyl (C=O) groups excluding carboxylic acids is 2. The average Bonchev–Trinajstić information content (AvgIpc) is 3.11. The predicted molar refractivity (Wildman–Crippen MR) is 113 cm³/mol. The van der Waals surface area contributed by atoms with E-state index < -0.39 is 11.7 Å². The number of alkyl halides is 3. The molecule has 1 aromatic heterocycles. The minimum Gasteiger partial charge on any atom is -0.355 e. The maximum absolute atomic E-state index is 13.4. The summed E-state index contributed by atoms with van der Waals surface area (Å²) in [5.41, 5.74) is 1.07. The van der Waals surface area contributed by atoms with E-state index in [1.54, 1.807) is 41.0 Å². The number of aromatic nitrogens is 1. The summed E-state index contributed by atoms with van der Waals surface area (Å²) >= 11 is 0. The molecule has 6 nitrogen and oxygen atoms in total. The van der Waals surface area contributed by atoms with Crippen LogP contribution in [-0.2, 0) is 11.0 Å². The molecule has 0 aliphatic carbocycles. The Labute approximate surface area is 184 Å². The molecule has 2 saturated heterocycles. The van der Waals surface area contributed by atoms with Crippen LogP contribution in [0, 0.1) is 12.8 Å². The van der Waals surface area contributed by atoms with E-state index in [0.29, 0.717) is 30.8 Å². The minimum absolute atomic E-state index is 0.00404. The molecule has 1 unspecified atom stereocenters. The molecule has 0 saturated carbocycles. The van der Waals surface area contributed by atoms with Gasteiger partial charge in [0.15, 0.2) is 0 Å². The molecular formula is C23H25F3N4O2. The van der Waals surface area contributed by atoms with Gasteiger partial charge in [-0.25, -0.2) is 4.98 Å². The predicted octanol–water partition coefficient (Wildman–Crippen LogP) is 3.22. The summed E-state index contributed by atoms with van der Waals surface area (Å²) in [5.74, 6) is -0.297. The van der Waals surface area contributed by atoms with Gasteiger partial charge in [-0.2, -0.15) is 13.2 Å². The molecule has 1 N–H and O–H groups in total. The number of nitrogens with one attached hydrogen (secondary N) is 1. The third-order valence-corrected chi connectivity index (χ3v) is 6.14. The number of anilines is 1. The highest BCUT2D eigenvalue weighted by Gasteiger charge is 2.37. The van der Waals surface area contributed by atoms with Crippen molar-refractivity contribution in [1.29, 1.82) is 0 Å². The van der Waals surface area contributed by atoms with Gasteiger partial charge in [0.1, 0.15) is 5.82 Å². The topological polar surface area (TPSA) is 65.5 Å². The maximum atomic E-state index is 13.4. The van der Waals surface area contributed by atoms with Crippen molar-refractivity contribution in [3.63, 3.8) is 0 Å². The number of hydrogen-bond acceptors (Lipinski definition) is 4.